The summed E-state index contributed by atoms with van der Waals surface area (Å²) < 4.78 is 5.32. The van der Waals surface area contributed by atoms with Crippen LogP contribution in [0.4, 0.5) is 5.69 Å². The van der Waals surface area contributed by atoms with Gasteiger partial charge in [0.25, 0.3) is 5.91 Å². The van der Waals surface area contributed by atoms with Crippen LogP contribution in [0.1, 0.15) is 48.1 Å². The van der Waals surface area contributed by atoms with Crippen LogP contribution in [-0.2, 0) is 13.1 Å². The van der Waals surface area contributed by atoms with E-state index in [2.05, 4.69) is 54.4 Å². The van der Waals surface area contributed by atoms with Crippen LogP contribution in [0, 0.1) is 0 Å². The molecule has 41 heavy (non-hydrogen) atoms. The number of β-amino-alcohol motifs (C(OH)–C–C–N with tert-alkyl or cyclic N) is 1. The number of aromatic amines is 1. The number of rotatable bonds is 13. The Morgan fingerprint density at radius 2 is 1.95 bits per heavy atom. The lowest BCUT2D eigenvalue weighted by Crippen LogP contribution is -2.42. The van der Waals surface area contributed by atoms with Gasteiger partial charge in [0.15, 0.2) is 5.65 Å². The van der Waals surface area contributed by atoms with Gasteiger partial charge in [-0.2, -0.15) is 5.10 Å². The van der Waals surface area contributed by atoms with Crippen LogP contribution in [0.2, 0.25) is 0 Å². The van der Waals surface area contributed by atoms with Crippen LogP contribution in [0.5, 0.6) is 0 Å². The number of aliphatic hydroxyl groups is 1. The fourth-order valence-corrected chi connectivity index (χ4v) is 4.87. The van der Waals surface area contributed by atoms with Crippen molar-refractivity contribution in [2.45, 2.75) is 49.9 Å². The van der Waals surface area contributed by atoms with Crippen LogP contribution in [0.25, 0.3) is 11.2 Å². The zero-order chi connectivity index (χ0) is 28.7. The number of aliphatic hydroxyl groups excluding tert-OH is 1. The maximum Gasteiger partial charge on any atom is 0.253 e. The maximum absolute atomic E-state index is 12.5. The number of benzene rings is 2. The van der Waals surface area contributed by atoms with Crippen LogP contribution < -0.4 is 15.4 Å². The highest BCUT2D eigenvalue weighted by Crippen LogP contribution is 2.24. The number of carbonyl (C=O) groups is 1. The molecule has 0 aliphatic rings. The molecule has 212 valence electrons. The molecule has 0 bridgehead atoms. The number of nitrogens with one attached hydrogen (secondary N) is 4. The molecule has 0 unspecified atom stereocenters. The minimum atomic E-state index is -0.651. The number of anilines is 1. The van der Waals surface area contributed by atoms with Gasteiger partial charge in [-0.25, -0.2) is 15.0 Å². The SMILES string of the molecule is CC(C)(CCn1cnc2cc(C(=O)NCc3ncn[nH]3)cnc21)NC[C@H](O)c1cccc(NSc2ccccc2)c1. The highest BCUT2D eigenvalue weighted by atomic mass is 32.2. The summed E-state index contributed by atoms with van der Waals surface area (Å²) in [5.74, 6) is 0.314. The van der Waals surface area contributed by atoms with Gasteiger partial charge >= 0.3 is 0 Å². The molecule has 3 heterocycles. The summed E-state index contributed by atoms with van der Waals surface area (Å²) in [6.45, 7) is 5.55. The Kier molecular flexibility index (Phi) is 8.92. The van der Waals surface area contributed by atoms with E-state index in [9.17, 15) is 9.90 Å². The van der Waals surface area contributed by atoms with Gasteiger partial charge in [0.1, 0.15) is 17.7 Å². The largest absolute Gasteiger partial charge is 0.387 e. The number of H-pyrrole nitrogens is 1. The van der Waals surface area contributed by atoms with Crippen molar-refractivity contribution in [2.75, 3.05) is 11.3 Å². The minimum Gasteiger partial charge on any atom is -0.387 e. The molecule has 1 atom stereocenters. The molecule has 11 nitrogen and oxygen atoms in total. The number of amides is 1. The highest BCUT2D eigenvalue weighted by Gasteiger charge is 2.20. The van der Waals surface area contributed by atoms with Crippen molar-refractivity contribution >= 4 is 34.7 Å². The second-order valence-electron chi connectivity index (χ2n) is 10.3. The maximum atomic E-state index is 12.5. The van der Waals surface area contributed by atoms with Crippen LogP contribution >= 0.6 is 11.9 Å². The van der Waals surface area contributed by atoms with Crippen LogP contribution in [0.3, 0.4) is 0 Å². The van der Waals surface area contributed by atoms with Crippen molar-refractivity contribution in [3.63, 3.8) is 0 Å². The summed E-state index contributed by atoms with van der Waals surface area (Å²) in [5, 5.41) is 23.7. The Balaban J connectivity index is 1.12. The lowest BCUT2D eigenvalue weighted by atomic mass is 9.99. The Bertz CT molecular complexity index is 1570. The van der Waals surface area contributed by atoms with Crippen LogP contribution in [0.15, 0.2) is 84.4 Å². The molecule has 12 heteroatoms. The number of aryl methyl sites for hydroxylation is 1. The topological polar surface area (TPSA) is 146 Å². The van der Waals surface area contributed by atoms with E-state index in [1.807, 2.05) is 59.2 Å². The summed E-state index contributed by atoms with van der Waals surface area (Å²) in [6, 6.07) is 19.7. The third-order valence-electron chi connectivity index (χ3n) is 6.65. The molecule has 5 rings (SSSR count). The molecule has 0 aliphatic carbocycles. The van der Waals surface area contributed by atoms with E-state index in [1.54, 1.807) is 18.6 Å². The number of imidazole rings is 1. The number of aromatic nitrogens is 6. The lowest BCUT2D eigenvalue weighted by molar-refractivity contribution is 0.0949. The Morgan fingerprint density at radius 1 is 1.10 bits per heavy atom. The van der Waals surface area contributed by atoms with Gasteiger partial charge in [0, 0.05) is 35.4 Å². The van der Waals surface area contributed by atoms with E-state index in [0.717, 1.165) is 22.6 Å². The summed E-state index contributed by atoms with van der Waals surface area (Å²) in [7, 11) is 0. The molecular formula is C29H33N9O2S. The summed E-state index contributed by atoms with van der Waals surface area (Å²) in [4.78, 5) is 26.6. The Morgan fingerprint density at radius 3 is 2.76 bits per heavy atom. The fraction of sp³-hybridized carbons (Fsp3) is 0.276. The molecule has 5 N–H and O–H groups in total. The van der Waals surface area contributed by atoms with Gasteiger partial charge in [-0.05, 0) is 68.1 Å². The first-order valence-corrected chi connectivity index (χ1v) is 14.1. The van der Waals surface area contributed by atoms with Gasteiger partial charge in [-0.15, -0.1) is 0 Å². The third kappa shape index (κ3) is 7.69. The second kappa shape index (κ2) is 12.9. The minimum absolute atomic E-state index is 0.248. The van der Waals surface area contributed by atoms with Gasteiger partial charge in [-0.1, -0.05) is 30.3 Å². The molecule has 2 aromatic carbocycles. The lowest BCUT2D eigenvalue weighted by Gasteiger charge is -2.28. The highest BCUT2D eigenvalue weighted by molar-refractivity contribution is 8.00. The van der Waals surface area contributed by atoms with Crippen molar-refractivity contribution < 1.29 is 9.90 Å². The Hall–Kier alpha value is -4.26. The molecule has 1 amide bonds. The van der Waals surface area contributed by atoms with Gasteiger partial charge < -0.3 is 25.0 Å². The normalized spacial score (nSPS) is 12.4. The third-order valence-corrected chi connectivity index (χ3v) is 7.50. The predicted molar refractivity (Wildman–Crippen MR) is 159 cm³/mol. The number of pyridine rings is 1. The van der Waals surface area contributed by atoms with Gasteiger partial charge in [0.05, 0.1) is 24.5 Å². The number of hydrogen-bond donors (Lipinski definition) is 5. The average molecular weight is 572 g/mol. The first-order valence-electron chi connectivity index (χ1n) is 13.3. The van der Waals surface area contributed by atoms with E-state index in [-0.39, 0.29) is 18.0 Å². The van der Waals surface area contributed by atoms with Crippen molar-refractivity contribution in [3.05, 3.63) is 96.5 Å². The molecular weight excluding hydrogens is 538 g/mol. The second-order valence-corrected chi connectivity index (χ2v) is 11.2. The van der Waals surface area contributed by atoms with E-state index < -0.39 is 6.10 Å². The molecule has 0 saturated carbocycles. The van der Waals surface area contributed by atoms with Crippen molar-refractivity contribution in [1.82, 2.24) is 40.3 Å². The summed E-state index contributed by atoms with van der Waals surface area (Å²) in [5.41, 5.74) is 3.32. The average Bonchev–Trinajstić information content (AvgIpc) is 3.67. The van der Waals surface area contributed by atoms with E-state index in [4.69, 9.17) is 0 Å². The zero-order valence-corrected chi connectivity index (χ0v) is 23.7. The van der Waals surface area contributed by atoms with E-state index in [1.165, 1.54) is 18.3 Å². The molecule has 0 saturated heterocycles. The monoisotopic (exact) mass is 571 g/mol. The molecule has 0 aliphatic heterocycles. The molecule has 0 spiro atoms. The molecule has 3 aromatic heterocycles. The van der Waals surface area contributed by atoms with E-state index in [0.29, 0.717) is 35.6 Å². The fourth-order valence-electron chi connectivity index (χ4n) is 4.21. The number of nitrogens with zero attached hydrogens (tertiary/aromatic N) is 5. The van der Waals surface area contributed by atoms with Gasteiger partial charge in [-0.3, -0.25) is 9.89 Å². The predicted octanol–water partition coefficient (Wildman–Crippen LogP) is 4.09. The van der Waals surface area contributed by atoms with Crippen molar-refractivity contribution in [2.24, 2.45) is 0 Å². The summed E-state index contributed by atoms with van der Waals surface area (Å²) in [6.07, 6.45) is 4.82. The number of carbonyl (C=O) groups excluding carboxylic acids is 1. The van der Waals surface area contributed by atoms with E-state index >= 15 is 0 Å². The smallest absolute Gasteiger partial charge is 0.253 e. The zero-order valence-electron chi connectivity index (χ0n) is 22.9. The number of hydrogen-bond acceptors (Lipinski definition) is 9. The van der Waals surface area contributed by atoms with Crippen LogP contribution in [-0.4, -0.2) is 52.8 Å². The molecule has 0 radical (unpaired) electrons. The van der Waals surface area contributed by atoms with Gasteiger partial charge in [0.2, 0.25) is 0 Å². The Labute approximate surface area is 242 Å². The molecule has 0 fully saturated rings. The summed E-state index contributed by atoms with van der Waals surface area (Å²) >= 11 is 1.54. The van der Waals surface area contributed by atoms with Crippen molar-refractivity contribution in [3.8, 4) is 0 Å². The first kappa shape index (κ1) is 28.3. The first-order chi connectivity index (χ1) is 19.9. The quantitative estimate of drug-likeness (QED) is 0.132. The standard InChI is InChI=1S/C29H33N9O2S/c1-29(2,34-16-25(39)20-7-6-8-22(13-20)37-41-23-9-4-3-5-10-23)11-12-38-19-33-24-14-21(15-30-27(24)38)28(40)31-17-26-32-18-35-36-26/h3-10,13-15,18-19,25,34,37,39H,11-12,16-17H2,1-2H3,(H,31,40)(H,32,35,36)/t25-/m0/s1. The molecule has 5 aromatic rings. The van der Waals surface area contributed by atoms with Crippen molar-refractivity contribution in [1.29, 1.82) is 0 Å². The number of fused-ring (bicyclic) bond motifs is 1.